The number of carbonyl (C=O) groups excluding carboxylic acids is 2. The van der Waals surface area contributed by atoms with Crippen LogP contribution in [0.4, 0.5) is 0 Å². The number of nitrogens with two attached hydrogens (primary N) is 2. The van der Waals surface area contributed by atoms with E-state index in [1.807, 2.05) is 13.8 Å². The maximum atomic E-state index is 11.2. The lowest BCUT2D eigenvalue weighted by molar-refractivity contribution is -0.127. The maximum absolute atomic E-state index is 11.2. The van der Waals surface area contributed by atoms with Crippen molar-refractivity contribution in [3.05, 3.63) is 0 Å². The fourth-order valence-electron chi connectivity index (χ4n) is 0.835. The van der Waals surface area contributed by atoms with Gasteiger partial charge in [0.15, 0.2) is 0 Å². The Labute approximate surface area is 89.0 Å². The predicted molar refractivity (Wildman–Crippen MR) is 55.7 cm³/mol. The van der Waals surface area contributed by atoms with Gasteiger partial charge < -0.3 is 21.9 Å². The minimum atomic E-state index is -1.33. The van der Waals surface area contributed by atoms with Crippen molar-refractivity contribution in [3.63, 3.8) is 0 Å². The Morgan fingerprint density at radius 2 is 2.00 bits per heavy atom. The number of nitrogens with one attached hydrogen (secondary N) is 1. The highest BCUT2D eigenvalue weighted by Gasteiger charge is 2.15. The molecule has 0 radical (unpaired) electrons. The Kier molecular flexibility index (Phi) is 5.24. The van der Waals surface area contributed by atoms with Gasteiger partial charge in [0.05, 0.1) is 6.54 Å². The first-order chi connectivity index (χ1) is 6.72. The van der Waals surface area contributed by atoms with Crippen molar-refractivity contribution in [3.8, 4) is 0 Å². The summed E-state index contributed by atoms with van der Waals surface area (Å²) in [7, 11) is 0. The van der Waals surface area contributed by atoms with Crippen LogP contribution in [0.1, 0.15) is 26.7 Å². The molecular weight excluding hydrogens is 198 g/mol. The third-order valence-corrected chi connectivity index (χ3v) is 1.82. The SMILES string of the molecule is CC(C)(N)CCC(=O)NCC(O)C(N)=O. The molecule has 6 N–H and O–H groups in total. The Hall–Kier alpha value is -1.14. The van der Waals surface area contributed by atoms with E-state index in [1.54, 1.807) is 0 Å². The van der Waals surface area contributed by atoms with Gasteiger partial charge in [-0.3, -0.25) is 9.59 Å². The molecule has 15 heavy (non-hydrogen) atoms. The molecule has 0 aliphatic heterocycles. The van der Waals surface area contributed by atoms with E-state index in [9.17, 15) is 9.59 Å². The number of hydrogen-bond acceptors (Lipinski definition) is 4. The summed E-state index contributed by atoms with van der Waals surface area (Å²) in [5.74, 6) is -1.11. The van der Waals surface area contributed by atoms with E-state index in [0.29, 0.717) is 6.42 Å². The zero-order valence-corrected chi connectivity index (χ0v) is 9.12. The molecule has 0 aliphatic carbocycles. The minimum absolute atomic E-state index is 0.154. The molecule has 0 aromatic carbocycles. The molecule has 0 saturated heterocycles. The smallest absolute Gasteiger partial charge is 0.248 e. The van der Waals surface area contributed by atoms with Gasteiger partial charge in [0.1, 0.15) is 6.10 Å². The van der Waals surface area contributed by atoms with Crippen LogP contribution in [0.5, 0.6) is 0 Å². The standard InChI is InChI=1S/C9H19N3O3/c1-9(2,11)4-3-7(14)12-5-6(13)8(10)15/h6,13H,3-5,11H2,1-2H3,(H2,10,15)(H,12,14). The largest absolute Gasteiger partial charge is 0.381 e. The van der Waals surface area contributed by atoms with Crippen LogP contribution >= 0.6 is 0 Å². The van der Waals surface area contributed by atoms with E-state index in [-0.39, 0.29) is 18.9 Å². The summed E-state index contributed by atoms with van der Waals surface area (Å²) in [6, 6.07) is 0. The molecule has 0 spiro atoms. The molecule has 1 atom stereocenters. The number of amides is 2. The number of primary amides is 1. The van der Waals surface area contributed by atoms with Gasteiger partial charge in [0, 0.05) is 12.0 Å². The molecule has 6 heteroatoms. The van der Waals surface area contributed by atoms with Crippen LogP contribution < -0.4 is 16.8 Å². The molecule has 88 valence electrons. The second kappa shape index (κ2) is 5.67. The molecular formula is C9H19N3O3. The van der Waals surface area contributed by atoms with E-state index >= 15 is 0 Å². The quantitative estimate of drug-likeness (QED) is 0.431. The Balaban J connectivity index is 3.72. The van der Waals surface area contributed by atoms with Crippen molar-refractivity contribution in [1.82, 2.24) is 5.32 Å². The van der Waals surface area contributed by atoms with Gasteiger partial charge in [-0.05, 0) is 20.3 Å². The first-order valence-electron chi connectivity index (χ1n) is 4.75. The fourth-order valence-corrected chi connectivity index (χ4v) is 0.835. The average molecular weight is 217 g/mol. The number of carbonyl (C=O) groups is 2. The zero-order chi connectivity index (χ0) is 12.1. The van der Waals surface area contributed by atoms with Crippen LogP contribution in [0.15, 0.2) is 0 Å². The highest BCUT2D eigenvalue weighted by molar-refractivity contribution is 5.80. The first kappa shape index (κ1) is 13.9. The molecule has 0 saturated carbocycles. The molecule has 0 heterocycles. The lowest BCUT2D eigenvalue weighted by Crippen LogP contribution is -2.41. The number of aliphatic hydroxyl groups excluding tert-OH is 1. The molecule has 0 aromatic heterocycles. The van der Waals surface area contributed by atoms with Crippen molar-refractivity contribution >= 4 is 11.8 Å². The van der Waals surface area contributed by atoms with Crippen molar-refractivity contribution in [2.24, 2.45) is 11.5 Å². The minimum Gasteiger partial charge on any atom is -0.381 e. The summed E-state index contributed by atoms with van der Waals surface area (Å²) >= 11 is 0. The maximum Gasteiger partial charge on any atom is 0.248 e. The molecule has 0 rings (SSSR count). The summed E-state index contributed by atoms with van der Waals surface area (Å²) in [5, 5.41) is 11.4. The molecule has 2 amide bonds. The first-order valence-corrected chi connectivity index (χ1v) is 4.75. The lowest BCUT2D eigenvalue weighted by Gasteiger charge is -2.17. The predicted octanol–water partition coefficient (Wildman–Crippen LogP) is -1.53. The summed E-state index contributed by atoms with van der Waals surface area (Å²) in [5.41, 5.74) is 10.1. The van der Waals surface area contributed by atoms with Crippen molar-refractivity contribution in [1.29, 1.82) is 0 Å². The molecule has 0 fully saturated rings. The monoisotopic (exact) mass is 217 g/mol. The van der Waals surface area contributed by atoms with E-state index in [1.165, 1.54) is 0 Å². The summed E-state index contributed by atoms with van der Waals surface area (Å²) in [4.78, 5) is 21.6. The van der Waals surface area contributed by atoms with Crippen LogP contribution in [0.3, 0.4) is 0 Å². The lowest BCUT2D eigenvalue weighted by atomic mass is 10.00. The molecule has 0 aromatic rings. The fraction of sp³-hybridized carbons (Fsp3) is 0.778. The van der Waals surface area contributed by atoms with Gasteiger partial charge in [-0.1, -0.05) is 0 Å². The zero-order valence-electron chi connectivity index (χ0n) is 9.12. The van der Waals surface area contributed by atoms with Gasteiger partial charge in [-0.15, -0.1) is 0 Å². The van der Waals surface area contributed by atoms with E-state index in [0.717, 1.165) is 0 Å². The van der Waals surface area contributed by atoms with Crippen molar-refractivity contribution in [2.45, 2.75) is 38.3 Å². The Morgan fingerprint density at radius 1 is 1.47 bits per heavy atom. The van der Waals surface area contributed by atoms with E-state index < -0.39 is 17.6 Å². The average Bonchev–Trinajstić information content (AvgIpc) is 2.09. The summed E-state index contributed by atoms with van der Waals surface area (Å²) < 4.78 is 0. The highest BCUT2D eigenvalue weighted by atomic mass is 16.3. The molecule has 6 nitrogen and oxygen atoms in total. The van der Waals surface area contributed by atoms with Crippen LogP contribution in [-0.2, 0) is 9.59 Å². The third-order valence-electron chi connectivity index (χ3n) is 1.82. The topological polar surface area (TPSA) is 118 Å². The summed E-state index contributed by atoms with van der Waals surface area (Å²) in [6.07, 6.45) is -0.541. The van der Waals surface area contributed by atoms with E-state index in [4.69, 9.17) is 16.6 Å². The Bertz CT molecular complexity index is 235. The number of rotatable bonds is 6. The number of hydrogen-bond donors (Lipinski definition) is 4. The van der Waals surface area contributed by atoms with Gasteiger partial charge in [-0.2, -0.15) is 0 Å². The van der Waals surface area contributed by atoms with Gasteiger partial charge >= 0.3 is 0 Å². The Morgan fingerprint density at radius 3 is 2.40 bits per heavy atom. The summed E-state index contributed by atoms with van der Waals surface area (Å²) in [6.45, 7) is 3.48. The van der Waals surface area contributed by atoms with Gasteiger partial charge in [0.25, 0.3) is 0 Å². The van der Waals surface area contributed by atoms with Crippen LogP contribution in [-0.4, -0.2) is 35.1 Å². The van der Waals surface area contributed by atoms with Gasteiger partial charge in [-0.25, -0.2) is 0 Å². The second-order valence-electron chi connectivity index (χ2n) is 4.21. The molecule has 0 bridgehead atoms. The van der Waals surface area contributed by atoms with Gasteiger partial charge in [0.2, 0.25) is 11.8 Å². The molecule has 1 unspecified atom stereocenters. The third kappa shape index (κ3) is 7.90. The van der Waals surface area contributed by atoms with Crippen LogP contribution in [0.2, 0.25) is 0 Å². The normalized spacial score (nSPS) is 13.3. The van der Waals surface area contributed by atoms with E-state index in [2.05, 4.69) is 5.32 Å². The number of aliphatic hydroxyl groups is 1. The van der Waals surface area contributed by atoms with Crippen LogP contribution in [0.25, 0.3) is 0 Å². The molecule has 0 aliphatic rings. The van der Waals surface area contributed by atoms with Crippen molar-refractivity contribution < 1.29 is 14.7 Å². The second-order valence-corrected chi connectivity index (χ2v) is 4.21. The highest BCUT2D eigenvalue weighted by Crippen LogP contribution is 2.06. The van der Waals surface area contributed by atoms with Crippen LogP contribution in [0, 0.1) is 0 Å². The van der Waals surface area contributed by atoms with Crippen molar-refractivity contribution in [2.75, 3.05) is 6.54 Å².